The van der Waals surface area contributed by atoms with E-state index in [1.54, 1.807) is 6.92 Å². The summed E-state index contributed by atoms with van der Waals surface area (Å²) in [5, 5.41) is 0. The summed E-state index contributed by atoms with van der Waals surface area (Å²) < 4.78 is 6.01. The van der Waals surface area contributed by atoms with Gasteiger partial charge >= 0.3 is 0 Å². The van der Waals surface area contributed by atoms with Crippen LogP contribution in [0.2, 0.25) is 0 Å². The molecule has 1 aromatic carbocycles. The van der Waals surface area contributed by atoms with Gasteiger partial charge in [0.2, 0.25) is 0 Å². The normalized spacial score (nSPS) is 17.2. The second-order valence-electron chi connectivity index (χ2n) is 5.25. The maximum atomic E-state index is 11.0. The first-order valence-electron chi connectivity index (χ1n) is 6.99. The summed E-state index contributed by atoms with van der Waals surface area (Å²) in [5.74, 6) is 1.14. The molecule has 1 aliphatic rings. The van der Waals surface area contributed by atoms with Gasteiger partial charge in [-0.1, -0.05) is 25.0 Å². The zero-order valence-electron chi connectivity index (χ0n) is 11.2. The van der Waals surface area contributed by atoms with E-state index in [2.05, 4.69) is 0 Å². The first-order valence-corrected chi connectivity index (χ1v) is 6.99. The van der Waals surface area contributed by atoms with Gasteiger partial charge in [-0.25, -0.2) is 0 Å². The lowest BCUT2D eigenvalue weighted by atomic mass is 10.1. The number of hydrogen-bond donors (Lipinski definition) is 0. The molecule has 0 amide bonds. The molecule has 2 nitrogen and oxygen atoms in total. The Hall–Kier alpha value is -1.31. The molecular formula is C16H22O2. The fraction of sp³-hybridized carbons (Fsp3) is 0.562. The molecule has 0 spiro atoms. The first-order chi connectivity index (χ1) is 8.74. The summed E-state index contributed by atoms with van der Waals surface area (Å²) in [5.41, 5.74) is 1.07. The highest BCUT2D eigenvalue weighted by molar-refractivity contribution is 5.78. The van der Waals surface area contributed by atoms with Crippen LogP contribution >= 0.6 is 0 Å². The summed E-state index contributed by atoms with van der Waals surface area (Å²) in [6.07, 6.45) is 8.51. The van der Waals surface area contributed by atoms with Crippen LogP contribution in [0.3, 0.4) is 0 Å². The third-order valence-corrected chi connectivity index (χ3v) is 3.48. The fourth-order valence-corrected chi connectivity index (χ4v) is 2.53. The van der Waals surface area contributed by atoms with Gasteiger partial charge in [-0.3, -0.25) is 4.79 Å². The number of carbonyl (C=O) groups is 1. The van der Waals surface area contributed by atoms with Gasteiger partial charge < -0.3 is 4.74 Å². The molecule has 1 saturated carbocycles. The largest absolute Gasteiger partial charge is 0.490 e. The van der Waals surface area contributed by atoms with E-state index in [0.29, 0.717) is 12.5 Å². The minimum Gasteiger partial charge on any atom is -0.490 e. The maximum absolute atomic E-state index is 11.0. The highest BCUT2D eigenvalue weighted by Crippen LogP contribution is 2.23. The van der Waals surface area contributed by atoms with Crippen LogP contribution in [0.25, 0.3) is 0 Å². The van der Waals surface area contributed by atoms with Crippen LogP contribution in [0, 0.1) is 0 Å². The Kier molecular flexibility index (Phi) is 4.80. The zero-order valence-corrected chi connectivity index (χ0v) is 11.2. The van der Waals surface area contributed by atoms with Crippen molar-refractivity contribution in [3.05, 3.63) is 29.8 Å². The van der Waals surface area contributed by atoms with E-state index < -0.39 is 0 Å². The van der Waals surface area contributed by atoms with E-state index in [9.17, 15) is 4.79 Å². The molecule has 98 valence electrons. The number of benzene rings is 1. The van der Waals surface area contributed by atoms with E-state index in [-0.39, 0.29) is 5.78 Å². The second-order valence-corrected chi connectivity index (χ2v) is 5.25. The number of rotatable bonds is 4. The third-order valence-electron chi connectivity index (χ3n) is 3.48. The predicted molar refractivity (Wildman–Crippen MR) is 72.9 cm³/mol. The number of ketones is 1. The molecule has 1 fully saturated rings. The number of ether oxygens (including phenoxy) is 1. The van der Waals surface area contributed by atoms with Crippen molar-refractivity contribution in [3.63, 3.8) is 0 Å². The van der Waals surface area contributed by atoms with Crippen LogP contribution in [0.5, 0.6) is 5.75 Å². The van der Waals surface area contributed by atoms with Crippen molar-refractivity contribution in [1.82, 2.24) is 0 Å². The van der Waals surface area contributed by atoms with E-state index >= 15 is 0 Å². The summed E-state index contributed by atoms with van der Waals surface area (Å²) in [4.78, 5) is 11.0. The lowest BCUT2D eigenvalue weighted by Crippen LogP contribution is -2.15. The second kappa shape index (κ2) is 6.58. The van der Waals surface area contributed by atoms with Crippen molar-refractivity contribution in [2.45, 2.75) is 58.0 Å². The molecule has 0 radical (unpaired) electrons. The van der Waals surface area contributed by atoms with Gasteiger partial charge in [-0.2, -0.15) is 0 Å². The standard InChI is InChI=1S/C16H22O2/c1-13(17)12-14-8-10-16(11-9-14)18-15-6-4-2-3-5-7-15/h8-11,15H,2-7,12H2,1H3. The molecule has 0 saturated heterocycles. The molecule has 1 aliphatic carbocycles. The molecule has 0 bridgehead atoms. The lowest BCUT2D eigenvalue weighted by molar-refractivity contribution is -0.116. The molecular weight excluding hydrogens is 224 g/mol. The Morgan fingerprint density at radius 3 is 2.28 bits per heavy atom. The third kappa shape index (κ3) is 4.17. The Bertz CT molecular complexity index is 373. The fourth-order valence-electron chi connectivity index (χ4n) is 2.53. The van der Waals surface area contributed by atoms with Gasteiger partial charge in [0, 0.05) is 6.42 Å². The summed E-state index contributed by atoms with van der Waals surface area (Å²) in [6.45, 7) is 1.62. The van der Waals surface area contributed by atoms with Crippen LogP contribution in [-0.2, 0) is 11.2 Å². The monoisotopic (exact) mass is 246 g/mol. The molecule has 0 heterocycles. The van der Waals surface area contributed by atoms with Crippen molar-refractivity contribution in [3.8, 4) is 5.75 Å². The quantitative estimate of drug-likeness (QED) is 0.753. The maximum Gasteiger partial charge on any atom is 0.134 e. The molecule has 0 atom stereocenters. The molecule has 0 unspecified atom stereocenters. The number of Topliss-reactive ketones (excluding diaryl/α,β-unsaturated/α-hetero) is 1. The summed E-state index contributed by atoms with van der Waals surface area (Å²) >= 11 is 0. The van der Waals surface area contributed by atoms with Gasteiger partial charge in [0.15, 0.2) is 0 Å². The molecule has 0 aliphatic heterocycles. The Balaban J connectivity index is 1.90. The molecule has 1 aromatic rings. The van der Waals surface area contributed by atoms with Crippen molar-refractivity contribution in [2.24, 2.45) is 0 Å². The Morgan fingerprint density at radius 1 is 1.11 bits per heavy atom. The molecule has 2 rings (SSSR count). The van der Waals surface area contributed by atoms with Crippen molar-refractivity contribution in [2.75, 3.05) is 0 Å². The van der Waals surface area contributed by atoms with Crippen LogP contribution < -0.4 is 4.74 Å². The van der Waals surface area contributed by atoms with E-state index in [1.165, 1.54) is 38.5 Å². The SMILES string of the molecule is CC(=O)Cc1ccc(OC2CCCCCC2)cc1. The van der Waals surface area contributed by atoms with Gasteiger partial charge in [-0.05, 0) is 50.3 Å². The van der Waals surface area contributed by atoms with Crippen LogP contribution in [0.1, 0.15) is 51.0 Å². The topological polar surface area (TPSA) is 26.3 Å². The Labute approximate surface area is 109 Å². The van der Waals surface area contributed by atoms with E-state index in [0.717, 1.165) is 11.3 Å². The molecule has 18 heavy (non-hydrogen) atoms. The molecule has 0 aromatic heterocycles. The predicted octanol–water partition coefficient (Wildman–Crippen LogP) is 3.92. The molecule has 0 N–H and O–H groups in total. The molecule has 2 heteroatoms. The number of hydrogen-bond acceptors (Lipinski definition) is 2. The summed E-state index contributed by atoms with van der Waals surface area (Å²) in [7, 11) is 0. The van der Waals surface area contributed by atoms with Gasteiger partial charge in [-0.15, -0.1) is 0 Å². The lowest BCUT2D eigenvalue weighted by Gasteiger charge is -2.17. The van der Waals surface area contributed by atoms with E-state index in [4.69, 9.17) is 4.74 Å². The smallest absolute Gasteiger partial charge is 0.134 e. The van der Waals surface area contributed by atoms with Crippen LogP contribution in [0.15, 0.2) is 24.3 Å². The number of carbonyl (C=O) groups excluding carboxylic acids is 1. The van der Waals surface area contributed by atoms with Gasteiger partial charge in [0.25, 0.3) is 0 Å². The minimum atomic E-state index is 0.201. The van der Waals surface area contributed by atoms with Crippen molar-refractivity contribution >= 4 is 5.78 Å². The first kappa shape index (κ1) is 13.1. The Morgan fingerprint density at radius 2 is 1.72 bits per heavy atom. The summed E-state index contributed by atoms with van der Waals surface area (Å²) in [6, 6.07) is 7.97. The van der Waals surface area contributed by atoms with E-state index in [1.807, 2.05) is 24.3 Å². The van der Waals surface area contributed by atoms with Gasteiger partial charge in [0.05, 0.1) is 6.10 Å². The van der Waals surface area contributed by atoms with Crippen LogP contribution in [-0.4, -0.2) is 11.9 Å². The van der Waals surface area contributed by atoms with Crippen LogP contribution in [0.4, 0.5) is 0 Å². The average Bonchev–Trinajstić information content (AvgIpc) is 2.60. The average molecular weight is 246 g/mol. The van der Waals surface area contributed by atoms with Gasteiger partial charge in [0.1, 0.15) is 11.5 Å². The highest BCUT2D eigenvalue weighted by Gasteiger charge is 2.13. The van der Waals surface area contributed by atoms with Crippen molar-refractivity contribution in [1.29, 1.82) is 0 Å². The van der Waals surface area contributed by atoms with Crippen molar-refractivity contribution < 1.29 is 9.53 Å². The highest BCUT2D eigenvalue weighted by atomic mass is 16.5. The minimum absolute atomic E-state index is 0.201. The zero-order chi connectivity index (χ0) is 12.8.